The number of carbonyl (C=O) groups is 2. The number of H-pyrrole nitrogens is 2. The molecule has 8 bridgehead atoms. The number of carboxylic acid groups (broad SMARTS) is 2. The summed E-state index contributed by atoms with van der Waals surface area (Å²) < 4.78 is 0. The van der Waals surface area contributed by atoms with Crippen molar-refractivity contribution in [3.63, 3.8) is 0 Å². The van der Waals surface area contributed by atoms with Crippen molar-refractivity contribution in [2.75, 3.05) is 13.1 Å². The van der Waals surface area contributed by atoms with Crippen LogP contribution in [-0.4, -0.2) is 56.0 Å². The predicted octanol–water partition coefficient (Wildman–Crippen LogP) is -2.16. The van der Waals surface area contributed by atoms with Gasteiger partial charge in [-0.3, -0.25) is 4.98 Å². The normalized spacial score (nSPS) is 15.8. The maximum atomic E-state index is 12.8. The fourth-order valence-electron chi connectivity index (χ4n) is 6.79. The average Bonchev–Trinajstić information content (AvgIpc) is 3.70. The van der Waals surface area contributed by atoms with Crippen LogP contribution in [0.3, 0.4) is 0 Å². The summed E-state index contributed by atoms with van der Waals surface area (Å²) >= 11 is 0. The molecule has 0 radical (unpaired) electrons. The maximum absolute atomic E-state index is 12.8. The van der Waals surface area contributed by atoms with E-state index in [1.54, 1.807) is 6.92 Å². The van der Waals surface area contributed by atoms with E-state index in [9.17, 15) is 24.9 Å². The first-order chi connectivity index (χ1) is 22.4. The molecule has 0 aromatic carbocycles. The zero-order chi connectivity index (χ0) is 34.2. The predicted molar refractivity (Wildman–Crippen MR) is 181 cm³/mol. The van der Waals surface area contributed by atoms with Crippen LogP contribution in [0.15, 0.2) is 29.8 Å². The summed E-state index contributed by atoms with van der Waals surface area (Å²) in [7, 11) is 0. The molecule has 0 fully saturated rings. The van der Waals surface area contributed by atoms with Crippen molar-refractivity contribution in [1.82, 2.24) is 19.9 Å². The Kier molecular flexibility index (Phi) is 13.8. The zero-order valence-corrected chi connectivity index (χ0v) is 33.4. The standard InChI is InChI=1S/C36H42N6O5.2Na/c1-7-21-17(3)25-14-27-19(5)23(9-10-31(43)38-12-11-37)34(41-27)24(13-32(44)45)35-33(36(46)47)20(6)28(42-35)16-30-22(8-2)18(4)26(40-30)15-29(21)39-25;;/h7,14-16,19,23,39-40H,1,8-13,37H2,2-6H3,(H,38,43)(H,44,45)(H,46,47);;/q;2*+1/p-2/t19-,23-;;/m0../s1. The quantitative estimate of drug-likeness (QED) is 0.105. The summed E-state index contributed by atoms with van der Waals surface area (Å²) in [5.74, 6) is -3.61. The molecule has 0 unspecified atom stereocenters. The van der Waals surface area contributed by atoms with Crippen molar-refractivity contribution in [2.45, 2.75) is 72.1 Å². The maximum Gasteiger partial charge on any atom is 1.00 e. The molecule has 49 heavy (non-hydrogen) atoms. The second kappa shape index (κ2) is 16.8. The number of aromatic nitrogens is 4. The van der Waals surface area contributed by atoms with Crippen LogP contribution in [0.1, 0.15) is 96.0 Å². The summed E-state index contributed by atoms with van der Waals surface area (Å²) in [6.07, 6.45) is 2.32. The molecule has 0 amide bonds. The minimum atomic E-state index is -1.40. The van der Waals surface area contributed by atoms with Gasteiger partial charge in [-0.2, -0.15) is 0 Å². The van der Waals surface area contributed by atoms with Crippen LogP contribution in [0, 0.1) is 13.8 Å². The molecule has 0 saturated carbocycles. The van der Waals surface area contributed by atoms with Crippen LogP contribution in [0.2, 0.25) is 0 Å². The Morgan fingerprint density at radius 3 is 2.31 bits per heavy atom. The largest absolute Gasteiger partial charge is 1.00 e. The second-order valence-electron chi connectivity index (χ2n) is 12.1. The number of nitrogens with two attached hydrogens (primary N) is 1. The Bertz CT molecular complexity index is 2030. The fourth-order valence-corrected chi connectivity index (χ4v) is 6.79. The van der Waals surface area contributed by atoms with Crippen molar-refractivity contribution in [3.8, 4) is 0 Å². The molecule has 0 saturated heterocycles. The molecule has 5 heterocycles. The minimum Gasteiger partial charge on any atom is -0.862 e. The van der Waals surface area contributed by atoms with Crippen molar-refractivity contribution < 1.29 is 84.0 Å². The number of hydrogen-bond acceptors (Lipinski definition) is 8. The summed E-state index contributed by atoms with van der Waals surface area (Å²) in [5, 5.41) is 35.3. The molecule has 2 aliphatic rings. The number of aliphatic carboxylic acids is 2. The molecule has 11 nitrogen and oxygen atoms in total. The number of hydrogen-bond donors (Lipinski definition) is 4. The van der Waals surface area contributed by atoms with E-state index >= 15 is 0 Å². The Morgan fingerprint density at radius 1 is 1.02 bits per heavy atom. The van der Waals surface area contributed by atoms with Crippen LogP contribution in [-0.2, 0) is 22.4 Å². The van der Waals surface area contributed by atoms with Gasteiger partial charge in [0, 0.05) is 69.7 Å². The topological polar surface area (TPSA) is 196 Å². The van der Waals surface area contributed by atoms with E-state index in [2.05, 4.69) is 21.5 Å². The number of carbonyl (C=O) groups excluding carboxylic acids is 1. The molecule has 3 aromatic rings. The Balaban J connectivity index is 0.00000325. The Hall–Kier alpha value is -3.03. The third-order valence-corrected chi connectivity index (χ3v) is 9.35. The number of allylic oxidation sites excluding steroid dienone is 1. The third-order valence-electron chi connectivity index (χ3n) is 9.35. The van der Waals surface area contributed by atoms with Crippen molar-refractivity contribution in [2.24, 2.45) is 10.7 Å². The SMILES string of the molecule is C=Cc1c(C)c2cc3nc(c(CC(=O)[O-])c4nc(cc5[nH]c(cc1[nH]2)c(C)c5CC)C(C)=C4C(=O)O)[C@@H](CCC([O-])=NCCN)[C@@H]3C.[Na+].[Na+]. The summed E-state index contributed by atoms with van der Waals surface area (Å²) in [4.78, 5) is 45.8. The van der Waals surface area contributed by atoms with Crippen LogP contribution < -0.4 is 75.1 Å². The molecule has 2 aliphatic heterocycles. The molecule has 5 rings (SSSR count). The van der Waals surface area contributed by atoms with Gasteiger partial charge in [0.05, 0.1) is 29.2 Å². The van der Waals surface area contributed by atoms with Gasteiger partial charge in [0.25, 0.3) is 0 Å². The molecule has 0 spiro atoms. The average molecular weight is 683 g/mol. The van der Waals surface area contributed by atoms with E-state index in [0.29, 0.717) is 35.5 Å². The number of rotatable bonds is 10. The van der Waals surface area contributed by atoms with Gasteiger partial charge < -0.3 is 40.8 Å². The molecular formula is C36H40N6Na2O5. The second-order valence-corrected chi connectivity index (χ2v) is 12.1. The summed E-state index contributed by atoms with van der Waals surface area (Å²) in [6.45, 7) is 14.2. The fraction of sp³-hybridized carbons (Fsp3) is 0.361. The number of aryl methyl sites for hydroxylation is 3. The number of nitrogens with one attached hydrogen (secondary N) is 2. The van der Waals surface area contributed by atoms with Crippen LogP contribution >= 0.6 is 0 Å². The van der Waals surface area contributed by atoms with E-state index in [0.717, 1.165) is 44.3 Å². The molecule has 0 aliphatic carbocycles. The molecule has 13 heteroatoms. The van der Waals surface area contributed by atoms with E-state index in [-0.39, 0.29) is 107 Å². The van der Waals surface area contributed by atoms with Crippen LogP contribution in [0.5, 0.6) is 0 Å². The Morgan fingerprint density at radius 2 is 1.69 bits per heavy atom. The van der Waals surface area contributed by atoms with Gasteiger partial charge >= 0.3 is 65.1 Å². The monoisotopic (exact) mass is 682 g/mol. The molecule has 246 valence electrons. The van der Waals surface area contributed by atoms with Crippen molar-refractivity contribution >= 4 is 57.1 Å². The zero-order valence-electron chi connectivity index (χ0n) is 29.4. The van der Waals surface area contributed by atoms with E-state index in [4.69, 9.17) is 15.7 Å². The number of aromatic amines is 2. The van der Waals surface area contributed by atoms with Gasteiger partial charge in [0.15, 0.2) is 0 Å². The van der Waals surface area contributed by atoms with Crippen molar-refractivity contribution in [1.29, 1.82) is 0 Å². The van der Waals surface area contributed by atoms with Gasteiger partial charge in [0.2, 0.25) is 0 Å². The molecule has 3 aromatic heterocycles. The van der Waals surface area contributed by atoms with Gasteiger partial charge in [-0.25, -0.2) is 9.78 Å². The van der Waals surface area contributed by atoms with Gasteiger partial charge in [0.1, 0.15) is 0 Å². The van der Waals surface area contributed by atoms with Gasteiger partial charge in [-0.15, -0.1) is 0 Å². The van der Waals surface area contributed by atoms with E-state index < -0.39 is 24.3 Å². The molecule has 2 atom stereocenters. The minimum absolute atomic E-state index is 0. The van der Waals surface area contributed by atoms with Crippen LogP contribution in [0.4, 0.5) is 0 Å². The Labute approximate surface area is 329 Å². The molecular weight excluding hydrogens is 642 g/mol. The van der Waals surface area contributed by atoms with Gasteiger partial charge in [-0.1, -0.05) is 26.5 Å². The third kappa shape index (κ3) is 7.99. The summed E-state index contributed by atoms with van der Waals surface area (Å²) in [5.41, 5.74) is 14.8. The van der Waals surface area contributed by atoms with E-state index in [1.165, 1.54) is 0 Å². The van der Waals surface area contributed by atoms with Crippen LogP contribution in [0.25, 0.3) is 39.3 Å². The van der Waals surface area contributed by atoms with Gasteiger partial charge in [-0.05, 0) is 86.4 Å². The van der Waals surface area contributed by atoms with E-state index in [1.807, 2.05) is 52.0 Å². The first kappa shape index (κ1) is 40.4. The first-order valence-electron chi connectivity index (χ1n) is 15.8. The number of fused-ring (bicyclic) bond motifs is 8. The number of carboxylic acids is 2. The molecule has 5 N–H and O–H groups in total. The smallest absolute Gasteiger partial charge is 0.862 e. The number of aliphatic imine (C=N–C) groups is 1. The first-order valence-corrected chi connectivity index (χ1v) is 15.8. The number of nitrogens with zero attached hydrogens (tertiary/aromatic N) is 3. The van der Waals surface area contributed by atoms with Crippen molar-refractivity contribution in [3.05, 3.63) is 75.4 Å². The summed E-state index contributed by atoms with van der Waals surface area (Å²) in [6, 6.07) is 5.79.